The number of pyridine rings is 1. The summed E-state index contributed by atoms with van der Waals surface area (Å²) in [5, 5.41) is 0. The molecule has 3 nitrogen and oxygen atoms in total. The quantitative estimate of drug-likeness (QED) is 0.810. The molecule has 0 aliphatic rings. The maximum absolute atomic E-state index is 5.67. The average molecular weight is 200 g/mol. The predicted octanol–water partition coefficient (Wildman–Crippen LogP) is 2.76. The number of hydrogen-bond acceptors (Lipinski definition) is 3. The number of nitrogens with two attached hydrogens (primary N) is 1. The van der Waals surface area contributed by atoms with E-state index in [0.717, 1.165) is 11.3 Å². The monoisotopic (exact) mass is 200 g/mol. The van der Waals surface area contributed by atoms with E-state index in [4.69, 9.17) is 10.5 Å². The molecule has 2 rings (SSSR count). The molecule has 0 saturated carbocycles. The van der Waals surface area contributed by atoms with E-state index >= 15 is 0 Å². The van der Waals surface area contributed by atoms with Crippen molar-refractivity contribution >= 4 is 5.82 Å². The van der Waals surface area contributed by atoms with Crippen LogP contribution in [0.3, 0.4) is 0 Å². The summed E-state index contributed by atoms with van der Waals surface area (Å²) in [6.45, 7) is 2.00. The van der Waals surface area contributed by atoms with E-state index in [1.807, 2.05) is 31.2 Å². The van der Waals surface area contributed by atoms with Crippen molar-refractivity contribution in [3.63, 3.8) is 0 Å². The maximum atomic E-state index is 5.67. The van der Waals surface area contributed by atoms with Crippen LogP contribution in [0.5, 0.6) is 11.5 Å². The van der Waals surface area contributed by atoms with E-state index in [1.54, 1.807) is 18.3 Å². The van der Waals surface area contributed by atoms with Gasteiger partial charge in [-0.1, -0.05) is 18.2 Å². The van der Waals surface area contributed by atoms with Crippen LogP contribution in [-0.2, 0) is 0 Å². The minimum absolute atomic E-state index is 0.459. The van der Waals surface area contributed by atoms with Gasteiger partial charge in [-0.2, -0.15) is 0 Å². The molecule has 76 valence electrons. The van der Waals surface area contributed by atoms with Gasteiger partial charge in [-0.25, -0.2) is 4.98 Å². The van der Waals surface area contributed by atoms with E-state index in [-0.39, 0.29) is 0 Å². The fourth-order valence-electron chi connectivity index (χ4n) is 1.29. The Morgan fingerprint density at radius 1 is 1.20 bits per heavy atom. The summed E-state index contributed by atoms with van der Waals surface area (Å²) in [6.07, 6.45) is 1.63. The number of rotatable bonds is 2. The summed E-state index contributed by atoms with van der Waals surface area (Å²) in [4.78, 5) is 3.90. The summed E-state index contributed by atoms with van der Waals surface area (Å²) >= 11 is 0. The van der Waals surface area contributed by atoms with Crippen LogP contribution in [0.25, 0.3) is 0 Å². The van der Waals surface area contributed by atoms with Gasteiger partial charge in [0.2, 0.25) is 0 Å². The highest BCUT2D eigenvalue weighted by molar-refractivity contribution is 5.40. The molecule has 0 saturated heterocycles. The smallest absolute Gasteiger partial charge is 0.132 e. The highest BCUT2D eigenvalue weighted by Gasteiger charge is 2.00. The van der Waals surface area contributed by atoms with Crippen LogP contribution in [0.15, 0.2) is 42.6 Å². The minimum atomic E-state index is 0.459. The first-order valence-electron chi connectivity index (χ1n) is 4.71. The zero-order chi connectivity index (χ0) is 10.7. The van der Waals surface area contributed by atoms with Crippen molar-refractivity contribution in [3.05, 3.63) is 48.2 Å². The Hall–Kier alpha value is -2.03. The predicted molar refractivity (Wildman–Crippen MR) is 59.9 cm³/mol. The number of para-hydroxylation sites is 1. The minimum Gasteiger partial charge on any atom is -0.457 e. The molecular formula is C12H12N2O. The number of aryl methyl sites for hydroxylation is 1. The molecule has 0 aliphatic carbocycles. The van der Waals surface area contributed by atoms with E-state index < -0.39 is 0 Å². The normalized spacial score (nSPS) is 9.93. The number of anilines is 1. The fourth-order valence-corrected chi connectivity index (χ4v) is 1.29. The third kappa shape index (κ3) is 2.26. The molecule has 15 heavy (non-hydrogen) atoms. The van der Waals surface area contributed by atoms with Gasteiger partial charge in [0.15, 0.2) is 0 Å². The molecule has 1 aromatic carbocycles. The third-order valence-electron chi connectivity index (χ3n) is 2.07. The van der Waals surface area contributed by atoms with E-state index in [9.17, 15) is 0 Å². The van der Waals surface area contributed by atoms with Crippen LogP contribution < -0.4 is 10.5 Å². The number of aromatic nitrogens is 1. The zero-order valence-electron chi connectivity index (χ0n) is 8.47. The fraction of sp³-hybridized carbons (Fsp3) is 0.0833. The Morgan fingerprint density at radius 2 is 2.00 bits per heavy atom. The van der Waals surface area contributed by atoms with Crippen LogP contribution in [0, 0.1) is 6.92 Å². The molecule has 1 aromatic heterocycles. The molecule has 0 unspecified atom stereocenters. The molecule has 0 spiro atoms. The van der Waals surface area contributed by atoms with Crippen LogP contribution in [0.4, 0.5) is 5.82 Å². The lowest BCUT2D eigenvalue weighted by Gasteiger charge is -2.07. The summed E-state index contributed by atoms with van der Waals surface area (Å²) < 4.78 is 5.67. The largest absolute Gasteiger partial charge is 0.457 e. The molecule has 0 atom stereocenters. The number of ether oxygens (including phenoxy) is 1. The molecule has 0 radical (unpaired) electrons. The first kappa shape index (κ1) is 9.52. The van der Waals surface area contributed by atoms with Crippen molar-refractivity contribution in [1.29, 1.82) is 0 Å². The Balaban J connectivity index is 2.26. The van der Waals surface area contributed by atoms with Crippen molar-refractivity contribution in [3.8, 4) is 11.5 Å². The Labute approximate surface area is 88.5 Å². The van der Waals surface area contributed by atoms with E-state index in [2.05, 4.69) is 4.98 Å². The van der Waals surface area contributed by atoms with Crippen molar-refractivity contribution < 1.29 is 4.74 Å². The van der Waals surface area contributed by atoms with Gasteiger partial charge < -0.3 is 10.5 Å². The second-order valence-electron chi connectivity index (χ2n) is 3.28. The molecule has 0 bridgehead atoms. The SMILES string of the molecule is Cc1ccccc1Oc1ccnc(N)c1. The summed E-state index contributed by atoms with van der Waals surface area (Å²) in [5.41, 5.74) is 6.65. The first-order valence-corrected chi connectivity index (χ1v) is 4.71. The first-order chi connectivity index (χ1) is 7.25. The lowest BCUT2D eigenvalue weighted by molar-refractivity contribution is 0.478. The Bertz CT molecular complexity index is 469. The topological polar surface area (TPSA) is 48.1 Å². The highest BCUT2D eigenvalue weighted by Crippen LogP contribution is 2.24. The van der Waals surface area contributed by atoms with E-state index in [0.29, 0.717) is 11.6 Å². The molecule has 3 heteroatoms. The number of hydrogen-bond donors (Lipinski definition) is 1. The molecule has 0 fully saturated rings. The third-order valence-corrected chi connectivity index (χ3v) is 2.07. The van der Waals surface area contributed by atoms with Gasteiger partial charge in [-0.15, -0.1) is 0 Å². The van der Waals surface area contributed by atoms with Crippen LogP contribution in [0.2, 0.25) is 0 Å². The molecular weight excluding hydrogens is 188 g/mol. The van der Waals surface area contributed by atoms with Crippen LogP contribution in [0.1, 0.15) is 5.56 Å². The average Bonchev–Trinajstić information content (AvgIpc) is 2.22. The second-order valence-corrected chi connectivity index (χ2v) is 3.28. The van der Waals surface area contributed by atoms with Crippen molar-refractivity contribution in [1.82, 2.24) is 4.98 Å². The molecule has 2 aromatic rings. The van der Waals surface area contributed by atoms with Crippen molar-refractivity contribution in [2.24, 2.45) is 0 Å². The lowest BCUT2D eigenvalue weighted by Crippen LogP contribution is -1.91. The zero-order valence-corrected chi connectivity index (χ0v) is 8.47. The van der Waals surface area contributed by atoms with Gasteiger partial charge in [0.1, 0.15) is 17.3 Å². The van der Waals surface area contributed by atoms with Gasteiger partial charge in [-0.3, -0.25) is 0 Å². The van der Waals surface area contributed by atoms with Gasteiger partial charge in [-0.05, 0) is 24.6 Å². The lowest BCUT2D eigenvalue weighted by atomic mass is 10.2. The number of benzene rings is 1. The summed E-state index contributed by atoms with van der Waals surface area (Å²) in [5.74, 6) is 2.00. The van der Waals surface area contributed by atoms with Gasteiger partial charge in [0, 0.05) is 12.3 Å². The van der Waals surface area contributed by atoms with Crippen molar-refractivity contribution in [2.45, 2.75) is 6.92 Å². The van der Waals surface area contributed by atoms with Gasteiger partial charge in [0.25, 0.3) is 0 Å². The highest BCUT2D eigenvalue weighted by atomic mass is 16.5. The van der Waals surface area contributed by atoms with Crippen molar-refractivity contribution in [2.75, 3.05) is 5.73 Å². The van der Waals surface area contributed by atoms with Crippen LogP contribution >= 0.6 is 0 Å². The second kappa shape index (κ2) is 4.00. The van der Waals surface area contributed by atoms with Gasteiger partial charge in [0.05, 0.1) is 0 Å². The number of nitrogen functional groups attached to an aromatic ring is 1. The maximum Gasteiger partial charge on any atom is 0.132 e. The number of nitrogens with zero attached hydrogens (tertiary/aromatic N) is 1. The molecule has 0 aliphatic heterocycles. The van der Waals surface area contributed by atoms with E-state index in [1.165, 1.54) is 0 Å². The molecule has 2 N–H and O–H groups in total. The molecule has 1 heterocycles. The summed E-state index contributed by atoms with van der Waals surface area (Å²) in [6, 6.07) is 11.3. The summed E-state index contributed by atoms with van der Waals surface area (Å²) in [7, 11) is 0. The Kier molecular flexibility index (Phi) is 2.54. The molecule has 0 amide bonds. The van der Waals surface area contributed by atoms with Gasteiger partial charge >= 0.3 is 0 Å². The Morgan fingerprint density at radius 3 is 2.73 bits per heavy atom. The van der Waals surface area contributed by atoms with Crippen LogP contribution in [-0.4, -0.2) is 4.98 Å². The standard InChI is InChI=1S/C12H12N2O/c1-9-4-2-3-5-11(9)15-10-6-7-14-12(13)8-10/h2-8H,1H3,(H2,13,14).